The second-order valence-electron chi connectivity index (χ2n) is 4.25. The van der Waals surface area contributed by atoms with Gasteiger partial charge in [0, 0.05) is 18.8 Å². The van der Waals surface area contributed by atoms with Crippen molar-refractivity contribution in [2.75, 3.05) is 25.1 Å². The Hall–Kier alpha value is -1.22. The van der Waals surface area contributed by atoms with Gasteiger partial charge in [0.15, 0.2) is 0 Å². The Bertz CT molecular complexity index is 335. The number of hydrogen-bond donors (Lipinski definition) is 2. The van der Waals surface area contributed by atoms with Crippen LogP contribution in [-0.4, -0.2) is 24.9 Å². The average molecular weight is 237 g/mol. The number of hydrogen-bond acceptors (Lipinski definition) is 3. The summed E-state index contributed by atoms with van der Waals surface area (Å²) < 4.78 is 5.49. The molecule has 0 radical (unpaired) electrons. The zero-order chi connectivity index (χ0) is 12.7. The maximum Gasteiger partial charge on any atom is 0.122 e. The van der Waals surface area contributed by atoms with Crippen molar-refractivity contribution in [2.45, 2.75) is 27.2 Å². The first-order chi connectivity index (χ1) is 8.21. The Morgan fingerprint density at radius 2 is 2.12 bits per heavy atom. The van der Waals surface area contributed by atoms with Crippen LogP contribution in [-0.2, 0) is 0 Å². The third-order valence-corrected chi connectivity index (χ3v) is 2.91. The summed E-state index contributed by atoms with van der Waals surface area (Å²) in [4.78, 5) is 0. The smallest absolute Gasteiger partial charge is 0.122 e. The van der Waals surface area contributed by atoms with Gasteiger partial charge in [0.25, 0.3) is 0 Å². The number of aliphatic hydroxyl groups excluding tert-OH is 1. The summed E-state index contributed by atoms with van der Waals surface area (Å²) >= 11 is 0. The summed E-state index contributed by atoms with van der Waals surface area (Å²) in [6.45, 7) is 7.85. The first-order valence-corrected chi connectivity index (χ1v) is 6.29. The largest absolute Gasteiger partial charge is 0.494 e. The molecule has 0 heterocycles. The number of aryl methyl sites for hydroxylation is 1. The first kappa shape index (κ1) is 13.8. The summed E-state index contributed by atoms with van der Waals surface area (Å²) in [5.74, 6) is 1.26. The van der Waals surface area contributed by atoms with Gasteiger partial charge in [-0.05, 0) is 49.9 Å². The van der Waals surface area contributed by atoms with Crippen LogP contribution in [0, 0.1) is 12.8 Å². The van der Waals surface area contributed by atoms with Crippen molar-refractivity contribution in [3.8, 4) is 5.75 Å². The van der Waals surface area contributed by atoms with Gasteiger partial charge in [0.1, 0.15) is 5.75 Å². The van der Waals surface area contributed by atoms with Gasteiger partial charge in [-0.1, -0.05) is 6.92 Å². The van der Waals surface area contributed by atoms with Gasteiger partial charge < -0.3 is 15.2 Å². The fourth-order valence-electron chi connectivity index (χ4n) is 1.68. The molecule has 3 heteroatoms. The molecule has 0 bridgehead atoms. The molecule has 0 aliphatic rings. The van der Waals surface area contributed by atoms with E-state index in [0.717, 1.165) is 30.0 Å². The molecule has 0 spiro atoms. The number of rotatable bonds is 7. The zero-order valence-corrected chi connectivity index (χ0v) is 11.0. The summed E-state index contributed by atoms with van der Waals surface area (Å²) in [5, 5.41) is 12.5. The number of ether oxygens (including phenoxy) is 1. The van der Waals surface area contributed by atoms with Gasteiger partial charge in [0.05, 0.1) is 6.61 Å². The SMILES string of the molecule is CCOc1ccc(NCC(CC)CO)cc1C. The summed E-state index contributed by atoms with van der Waals surface area (Å²) in [7, 11) is 0. The minimum atomic E-state index is 0.236. The lowest BCUT2D eigenvalue weighted by Gasteiger charge is -2.15. The zero-order valence-electron chi connectivity index (χ0n) is 11.0. The summed E-state index contributed by atoms with van der Waals surface area (Å²) in [5.41, 5.74) is 2.21. The van der Waals surface area contributed by atoms with Crippen molar-refractivity contribution >= 4 is 5.69 Å². The van der Waals surface area contributed by atoms with Gasteiger partial charge in [-0.3, -0.25) is 0 Å². The van der Waals surface area contributed by atoms with Gasteiger partial charge in [0.2, 0.25) is 0 Å². The Morgan fingerprint density at radius 3 is 2.65 bits per heavy atom. The first-order valence-electron chi connectivity index (χ1n) is 6.29. The highest BCUT2D eigenvalue weighted by Crippen LogP contribution is 2.22. The van der Waals surface area contributed by atoms with E-state index in [-0.39, 0.29) is 6.61 Å². The van der Waals surface area contributed by atoms with Crippen LogP contribution in [0.2, 0.25) is 0 Å². The van der Waals surface area contributed by atoms with Crippen LogP contribution in [0.1, 0.15) is 25.8 Å². The van der Waals surface area contributed by atoms with Gasteiger partial charge in [-0.15, -0.1) is 0 Å². The van der Waals surface area contributed by atoms with Crippen molar-refractivity contribution in [3.05, 3.63) is 23.8 Å². The number of benzene rings is 1. The lowest BCUT2D eigenvalue weighted by molar-refractivity contribution is 0.230. The van der Waals surface area contributed by atoms with Gasteiger partial charge in [-0.2, -0.15) is 0 Å². The molecule has 0 aliphatic heterocycles. The molecule has 0 aromatic heterocycles. The molecule has 0 saturated carbocycles. The van der Waals surface area contributed by atoms with E-state index < -0.39 is 0 Å². The minimum absolute atomic E-state index is 0.236. The predicted molar refractivity (Wildman–Crippen MR) is 71.7 cm³/mol. The number of anilines is 1. The molecule has 0 saturated heterocycles. The van der Waals surface area contributed by atoms with Gasteiger partial charge in [-0.25, -0.2) is 0 Å². The predicted octanol–water partition coefficient (Wildman–Crippen LogP) is 2.82. The van der Waals surface area contributed by atoms with E-state index in [1.54, 1.807) is 0 Å². The lowest BCUT2D eigenvalue weighted by atomic mass is 10.1. The van der Waals surface area contributed by atoms with E-state index in [0.29, 0.717) is 12.5 Å². The summed E-state index contributed by atoms with van der Waals surface area (Å²) in [6.07, 6.45) is 0.986. The molecule has 2 N–H and O–H groups in total. The van der Waals surface area contributed by atoms with E-state index in [1.165, 1.54) is 0 Å². The maximum atomic E-state index is 9.11. The highest BCUT2D eigenvalue weighted by Gasteiger charge is 2.05. The van der Waals surface area contributed by atoms with Crippen molar-refractivity contribution < 1.29 is 9.84 Å². The molecule has 0 amide bonds. The molecular formula is C14H23NO2. The van der Waals surface area contributed by atoms with Gasteiger partial charge >= 0.3 is 0 Å². The van der Waals surface area contributed by atoms with Crippen molar-refractivity contribution in [2.24, 2.45) is 5.92 Å². The maximum absolute atomic E-state index is 9.11. The highest BCUT2D eigenvalue weighted by atomic mass is 16.5. The van der Waals surface area contributed by atoms with E-state index >= 15 is 0 Å². The topological polar surface area (TPSA) is 41.5 Å². The standard InChI is InChI=1S/C14H23NO2/c1-4-12(10-16)9-15-13-6-7-14(17-5-2)11(3)8-13/h6-8,12,15-16H,4-5,9-10H2,1-3H3. The molecule has 0 fully saturated rings. The molecule has 1 atom stereocenters. The van der Waals surface area contributed by atoms with Crippen LogP contribution in [0.15, 0.2) is 18.2 Å². The molecule has 3 nitrogen and oxygen atoms in total. The van der Waals surface area contributed by atoms with Crippen molar-refractivity contribution in [3.63, 3.8) is 0 Å². The second-order valence-corrected chi connectivity index (χ2v) is 4.25. The Balaban J connectivity index is 2.58. The Kier molecular flexibility index (Phi) is 5.84. The van der Waals surface area contributed by atoms with E-state index in [9.17, 15) is 0 Å². The van der Waals surface area contributed by atoms with Crippen LogP contribution in [0.5, 0.6) is 5.75 Å². The van der Waals surface area contributed by atoms with Crippen LogP contribution in [0.25, 0.3) is 0 Å². The molecule has 0 aliphatic carbocycles. The third kappa shape index (κ3) is 4.27. The minimum Gasteiger partial charge on any atom is -0.494 e. The number of nitrogens with one attached hydrogen (secondary N) is 1. The van der Waals surface area contributed by atoms with Crippen LogP contribution in [0.4, 0.5) is 5.69 Å². The molecule has 17 heavy (non-hydrogen) atoms. The molecule has 1 aromatic carbocycles. The Morgan fingerprint density at radius 1 is 1.35 bits per heavy atom. The monoisotopic (exact) mass is 237 g/mol. The normalized spacial score (nSPS) is 12.2. The molecule has 1 aromatic rings. The fourth-order valence-corrected chi connectivity index (χ4v) is 1.68. The van der Waals surface area contributed by atoms with E-state index in [4.69, 9.17) is 9.84 Å². The summed E-state index contributed by atoms with van der Waals surface area (Å²) in [6, 6.07) is 6.08. The van der Waals surface area contributed by atoms with Crippen molar-refractivity contribution in [1.29, 1.82) is 0 Å². The molecule has 96 valence electrons. The van der Waals surface area contributed by atoms with E-state index in [1.807, 2.05) is 26.0 Å². The van der Waals surface area contributed by atoms with E-state index in [2.05, 4.69) is 18.3 Å². The third-order valence-electron chi connectivity index (χ3n) is 2.91. The average Bonchev–Trinajstić information content (AvgIpc) is 2.34. The van der Waals surface area contributed by atoms with Crippen molar-refractivity contribution in [1.82, 2.24) is 0 Å². The van der Waals surface area contributed by atoms with Crippen LogP contribution >= 0.6 is 0 Å². The van der Waals surface area contributed by atoms with Crippen LogP contribution < -0.4 is 10.1 Å². The fraction of sp³-hybridized carbons (Fsp3) is 0.571. The second kappa shape index (κ2) is 7.17. The molecular weight excluding hydrogens is 214 g/mol. The highest BCUT2D eigenvalue weighted by molar-refractivity contribution is 5.50. The number of aliphatic hydroxyl groups is 1. The lowest BCUT2D eigenvalue weighted by Crippen LogP contribution is -2.17. The quantitative estimate of drug-likeness (QED) is 0.766. The molecule has 1 rings (SSSR count). The Labute approximate surface area is 104 Å². The van der Waals surface area contributed by atoms with Crippen LogP contribution in [0.3, 0.4) is 0 Å². The molecule has 1 unspecified atom stereocenters.